The molecule has 17 heavy (non-hydrogen) atoms. The summed E-state index contributed by atoms with van der Waals surface area (Å²) in [4.78, 5) is 1.55. The summed E-state index contributed by atoms with van der Waals surface area (Å²) >= 11 is 3.85. The average molecular weight is 265 g/mol. The zero-order valence-corrected chi connectivity index (χ0v) is 11.9. The van der Waals surface area contributed by atoms with Crippen LogP contribution < -0.4 is 5.32 Å². The highest BCUT2D eigenvalue weighted by molar-refractivity contribution is 7.26. The van der Waals surface area contributed by atoms with Crippen molar-refractivity contribution in [2.75, 3.05) is 6.54 Å². The first-order valence-electron chi connectivity index (χ1n) is 6.57. The predicted octanol–water partition coefficient (Wildman–Crippen LogP) is 4.80. The van der Waals surface area contributed by atoms with E-state index in [2.05, 4.69) is 29.8 Å². The zero-order valence-electron chi connectivity index (χ0n) is 10.2. The van der Waals surface area contributed by atoms with Crippen LogP contribution in [0.15, 0.2) is 17.5 Å². The standard InChI is InChI=1S/C14H19NS2/c1-2-6-15-11(8-10-3-4-10)13-9-14-12(17-13)5-7-16-14/h5,7,9-11,15H,2-4,6,8H2,1H3. The van der Waals surface area contributed by atoms with Gasteiger partial charge in [0.25, 0.3) is 0 Å². The number of hydrogen-bond acceptors (Lipinski definition) is 3. The van der Waals surface area contributed by atoms with Crippen LogP contribution in [-0.2, 0) is 0 Å². The summed E-state index contributed by atoms with van der Waals surface area (Å²) in [5, 5.41) is 5.92. The Morgan fingerprint density at radius 2 is 2.29 bits per heavy atom. The van der Waals surface area contributed by atoms with E-state index in [4.69, 9.17) is 0 Å². The lowest BCUT2D eigenvalue weighted by Crippen LogP contribution is -2.21. The molecule has 2 aromatic heterocycles. The van der Waals surface area contributed by atoms with Crippen LogP contribution in [0, 0.1) is 5.92 Å². The number of thiophene rings is 2. The molecule has 0 radical (unpaired) electrons. The second-order valence-corrected chi connectivity index (χ2v) is 7.05. The van der Waals surface area contributed by atoms with Gasteiger partial charge in [-0.05, 0) is 42.8 Å². The summed E-state index contributed by atoms with van der Waals surface area (Å²) < 4.78 is 2.92. The molecule has 3 rings (SSSR count). The van der Waals surface area contributed by atoms with Gasteiger partial charge in [-0.3, -0.25) is 0 Å². The molecule has 0 aromatic carbocycles. The maximum Gasteiger partial charge on any atom is 0.0454 e. The van der Waals surface area contributed by atoms with E-state index in [0.717, 1.165) is 12.5 Å². The minimum atomic E-state index is 0.604. The van der Waals surface area contributed by atoms with E-state index in [9.17, 15) is 0 Å². The van der Waals surface area contributed by atoms with Gasteiger partial charge in [-0.15, -0.1) is 22.7 Å². The Morgan fingerprint density at radius 3 is 3.00 bits per heavy atom. The molecule has 0 aliphatic heterocycles. The lowest BCUT2D eigenvalue weighted by molar-refractivity contribution is 0.480. The SMILES string of the molecule is CCCNC(CC1CC1)c1cc2sccc2s1. The van der Waals surface area contributed by atoms with Crippen LogP contribution in [0.2, 0.25) is 0 Å². The van der Waals surface area contributed by atoms with E-state index in [1.54, 1.807) is 4.88 Å². The van der Waals surface area contributed by atoms with Crippen molar-refractivity contribution in [2.24, 2.45) is 5.92 Å². The van der Waals surface area contributed by atoms with Gasteiger partial charge in [0.2, 0.25) is 0 Å². The second-order valence-electron chi connectivity index (χ2n) is 4.98. The van der Waals surface area contributed by atoms with Crippen molar-refractivity contribution in [2.45, 2.75) is 38.6 Å². The average Bonchev–Trinajstić information content (AvgIpc) is 2.87. The van der Waals surface area contributed by atoms with Crippen LogP contribution in [0.5, 0.6) is 0 Å². The Balaban J connectivity index is 1.77. The molecule has 92 valence electrons. The van der Waals surface area contributed by atoms with Gasteiger partial charge in [-0.25, -0.2) is 0 Å². The van der Waals surface area contributed by atoms with Crippen LogP contribution in [-0.4, -0.2) is 6.54 Å². The van der Waals surface area contributed by atoms with E-state index in [-0.39, 0.29) is 0 Å². The van der Waals surface area contributed by atoms with Gasteiger partial charge in [0.15, 0.2) is 0 Å². The summed E-state index contributed by atoms with van der Waals surface area (Å²) in [6, 6.07) is 5.26. The maximum atomic E-state index is 3.72. The zero-order chi connectivity index (χ0) is 11.7. The van der Waals surface area contributed by atoms with Crippen molar-refractivity contribution < 1.29 is 0 Å². The van der Waals surface area contributed by atoms with Crippen LogP contribution >= 0.6 is 22.7 Å². The molecule has 1 unspecified atom stereocenters. The number of rotatable bonds is 6. The molecular weight excluding hydrogens is 246 g/mol. The van der Waals surface area contributed by atoms with E-state index in [0.29, 0.717) is 6.04 Å². The second kappa shape index (κ2) is 5.09. The predicted molar refractivity (Wildman–Crippen MR) is 78.1 cm³/mol. The van der Waals surface area contributed by atoms with Gasteiger partial charge < -0.3 is 5.32 Å². The Labute approximate surface area is 111 Å². The minimum Gasteiger partial charge on any atom is -0.309 e. The molecule has 0 amide bonds. The molecule has 0 saturated heterocycles. The molecule has 1 nitrogen and oxygen atoms in total. The molecular formula is C14H19NS2. The third-order valence-electron chi connectivity index (χ3n) is 3.41. The molecule has 2 heterocycles. The molecule has 1 N–H and O–H groups in total. The normalized spacial score (nSPS) is 17.7. The van der Waals surface area contributed by atoms with Crippen molar-refractivity contribution in [3.63, 3.8) is 0 Å². The minimum absolute atomic E-state index is 0.604. The Morgan fingerprint density at radius 1 is 1.41 bits per heavy atom. The fourth-order valence-electron chi connectivity index (χ4n) is 2.26. The van der Waals surface area contributed by atoms with Crippen molar-refractivity contribution in [1.29, 1.82) is 0 Å². The Kier molecular flexibility index (Phi) is 3.50. The lowest BCUT2D eigenvalue weighted by Gasteiger charge is -2.16. The first-order chi connectivity index (χ1) is 8.36. The highest BCUT2D eigenvalue weighted by Gasteiger charge is 2.26. The number of nitrogens with one attached hydrogen (secondary N) is 1. The third kappa shape index (κ3) is 2.72. The quantitative estimate of drug-likeness (QED) is 0.791. The summed E-state index contributed by atoms with van der Waals surface area (Å²) in [7, 11) is 0. The Bertz CT molecular complexity index is 453. The van der Waals surface area contributed by atoms with Gasteiger partial charge in [0.1, 0.15) is 0 Å². The fourth-order valence-corrected chi connectivity index (χ4v) is 4.47. The molecule has 1 aliphatic rings. The first-order valence-corrected chi connectivity index (χ1v) is 8.26. The smallest absolute Gasteiger partial charge is 0.0454 e. The summed E-state index contributed by atoms with van der Waals surface area (Å²) in [6.07, 6.45) is 5.46. The number of fused-ring (bicyclic) bond motifs is 1. The molecule has 0 bridgehead atoms. The molecule has 2 aromatic rings. The molecule has 3 heteroatoms. The van der Waals surface area contributed by atoms with E-state index in [1.165, 1.54) is 35.1 Å². The summed E-state index contributed by atoms with van der Waals surface area (Å²) in [6.45, 7) is 3.39. The molecule has 1 aliphatic carbocycles. The Hall–Kier alpha value is -0.380. The van der Waals surface area contributed by atoms with Crippen LogP contribution in [0.4, 0.5) is 0 Å². The van der Waals surface area contributed by atoms with E-state index >= 15 is 0 Å². The fraction of sp³-hybridized carbons (Fsp3) is 0.571. The third-order valence-corrected chi connectivity index (χ3v) is 5.62. The van der Waals surface area contributed by atoms with Crippen LogP contribution in [0.25, 0.3) is 9.40 Å². The van der Waals surface area contributed by atoms with Crippen molar-refractivity contribution in [3.05, 3.63) is 22.4 Å². The van der Waals surface area contributed by atoms with Crippen molar-refractivity contribution >= 4 is 32.1 Å². The molecule has 1 fully saturated rings. The van der Waals surface area contributed by atoms with Crippen LogP contribution in [0.1, 0.15) is 43.5 Å². The highest BCUT2D eigenvalue weighted by atomic mass is 32.1. The van der Waals surface area contributed by atoms with Gasteiger partial charge in [-0.2, -0.15) is 0 Å². The first kappa shape index (κ1) is 11.7. The largest absolute Gasteiger partial charge is 0.309 e. The van der Waals surface area contributed by atoms with Gasteiger partial charge in [-0.1, -0.05) is 19.8 Å². The van der Waals surface area contributed by atoms with E-state index < -0.39 is 0 Å². The summed E-state index contributed by atoms with van der Waals surface area (Å²) in [5.41, 5.74) is 0. The number of hydrogen-bond donors (Lipinski definition) is 1. The van der Waals surface area contributed by atoms with Crippen molar-refractivity contribution in [1.82, 2.24) is 5.32 Å². The topological polar surface area (TPSA) is 12.0 Å². The van der Waals surface area contributed by atoms with Crippen molar-refractivity contribution in [3.8, 4) is 0 Å². The monoisotopic (exact) mass is 265 g/mol. The molecule has 1 saturated carbocycles. The molecule has 0 spiro atoms. The lowest BCUT2D eigenvalue weighted by atomic mass is 10.1. The highest BCUT2D eigenvalue weighted by Crippen LogP contribution is 2.41. The summed E-state index contributed by atoms with van der Waals surface area (Å²) in [5.74, 6) is 0.990. The van der Waals surface area contributed by atoms with Gasteiger partial charge >= 0.3 is 0 Å². The maximum absolute atomic E-state index is 3.72. The molecule has 1 atom stereocenters. The van der Waals surface area contributed by atoms with E-state index in [1.807, 2.05) is 22.7 Å². The van der Waals surface area contributed by atoms with Gasteiger partial charge in [0.05, 0.1) is 0 Å². The van der Waals surface area contributed by atoms with Gasteiger partial charge in [0, 0.05) is 20.3 Å². The van der Waals surface area contributed by atoms with Crippen LogP contribution in [0.3, 0.4) is 0 Å².